The monoisotopic (exact) mass is 593 g/mol. The fraction of sp³-hybridized carbons (Fsp3) is 0.417. The van der Waals surface area contributed by atoms with E-state index < -0.39 is 28.5 Å². The highest BCUT2D eigenvalue weighted by Crippen LogP contribution is 2.31. The fourth-order valence-electron chi connectivity index (χ4n) is 4.11. The number of halogens is 4. The van der Waals surface area contributed by atoms with Crippen molar-refractivity contribution in [3.63, 3.8) is 0 Å². The normalized spacial score (nSPS) is 14.9. The van der Waals surface area contributed by atoms with E-state index in [9.17, 15) is 18.0 Å². The number of nitrogens with zero attached hydrogens (tertiary/aromatic N) is 2. The molecule has 1 saturated carbocycles. The van der Waals surface area contributed by atoms with E-state index in [4.69, 9.17) is 46.4 Å². The maximum atomic E-state index is 13.6. The molecule has 2 amide bonds. The first-order chi connectivity index (χ1) is 16.9. The van der Waals surface area contributed by atoms with Crippen molar-refractivity contribution in [2.45, 2.75) is 51.2 Å². The average molecular weight is 595 g/mol. The minimum Gasteiger partial charge on any atom is -0.352 e. The molecular formula is C24H27Cl4N3O4S. The second-order valence-electron chi connectivity index (χ2n) is 8.75. The molecule has 2 aromatic carbocycles. The van der Waals surface area contributed by atoms with E-state index in [-0.39, 0.29) is 29.2 Å². The molecule has 1 aliphatic carbocycles. The van der Waals surface area contributed by atoms with Gasteiger partial charge in [0.05, 0.1) is 17.0 Å². The molecule has 0 unspecified atom stereocenters. The summed E-state index contributed by atoms with van der Waals surface area (Å²) in [5.41, 5.74) is 0.542. The highest BCUT2D eigenvalue weighted by molar-refractivity contribution is 7.92. The number of benzene rings is 2. The van der Waals surface area contributed by atoms with E-state index in [1.165, 1.54) is 23.1 Å². The van der Waals surface area contributed by atoms with Crippen molar-refractivity contribution in [1.82, 2.24) is 10.2 Å². The number of hydrogen-bond acceptors (Lipinski definition) is 4. The first-order valence-electron chi connectivity index (χ1n) is 11.3. The van der Waals surface area contributed by atoms with Gasteiger partial charge in [-0.15, -0.1) is 0 Å². The molecule has 196 valence electrons. The Hall–Kier alpha value is -1.71. The lowest BCUT2D eigenvalue weighted by Gasteiger charge is -2.32. The zero-order valence-corrected chi connectivity index (χ0v) is 23.6. The Labute approximate surface area is 231 Å². The lowest BCUT2D eigenvalue weighted by atomic mass is 10.1. The summed E-state index contributed by atoms with van der Waals surface area (Å²) in [6, 6.07) is 8.34. The lowest BCUT2D eigenvalue weighted by molar-refractivity contribution is -0.139. The van der Waals surface area contributed by atoms with E-state index in [1.54, 1.807) is 25.1 Å². The zero-order chi connectivity index (χ0) is 26.6. The average Bonchev–Trinajstić information content (AvgIpc) is 3.29. The molecule has 1 fully saturated rings. The third kappa shape index (κ3) is 7.19. The molecule has 12 heteroatoms. The van der Waals surface area contributed by atoms with E-state index in [0.29, 0.717) is 20.6 Å². The van der Waals surface area contributed by atoms with Crippen LogP contribution in [0.2, 0.25) is 20.1 Å². The topological polar surface area (TPSA) is 86.8 Å². The largest absolute Gasteiger partial charge is 0.352 e. The minimum atomic E-state index is -3.93. The second kappa shape index (κ2) is 12.2. The first-order valence-corrected chi connectivity index (χ1v) is 14.7. The Kier molecular flexibility index (Phi) is 9.80. The Morgan fingerprint density at radius 3 is 2.19 bits per heavy atom. The molecular weight excluding hydrogens is 568 g/mol. The number of rotatable bonds is 9. The molecule has 0 bridgehead atoms. The van der Waals surface area contributed by atoms with Crippen LogP contribution in [-0.4, -0.2) is 50.0 Å². The van der Waals surface area contributed by atoms with E-state index in [1.807, 2.05) is 0 Å². The molecule has 7 nitrogen and oxygen atoms in total. The molecule has 0 saturated heterocycles. The van der Waals surface area contributed by atoms with E-state index in [0.717, 1.165) is 36.2 Å². The molecule has 0 aromatic heterocycles. The SMILES string of the molecule is C[C@H](C(=O)NC1CCCC1)N(Cc1c(Cl)cccc1Cl)C(=O)CN(c1ccc(Cl)cc1Cl)S(C)(=O)=O. The van der Waals surface area contributed by atoms with Gasteiger partial charge in [0.25, 0.3) is 0 Å². The van der Waals surface area contributed by atoms with Crippen LogP contribution in [-0.2, 0) is 26.2 Å². The molecule has 1 N–H and O–H groups in total. The van der Waals surface area contributed by atoms with Crippen molar-refractivity contribution in [3.05, 3.63) is 62.1 Å². The summed E-state index contributed by atoms with van der Waals surface area (Å²) in [4.78, 5) is 28.0. The van der Waals surface area contributed by atoms with Crippen LogP contribution in [0.1, 0.15) is 38.2 Å². The summed E-state index contributed by atoms with van der Waals surface area (Å²) in [5, 5.41) is 4.02. The third-order valence-electron chi connectivity index (χ3n) is 6.12. The summed E-state index contributed by atoms with van der Waals surface area (Å²) in [6.45, 7) is 0.902. The van der Waals surface area contributed by atoms with Crippen molar-refractivity contribution in [3.8, 4) is 0 Å². The molecule has 1 atom stereocenters. The highest BCUT2D eigenvalue weighted by atomic mass is 35.5. The number of carbonyl (C=O) groups is 2. The lowest BCUT2D eigenvalue weighted by Crippen LogP contribution is -2.52. The third-order valence-corrected chi connectivity index (χ3v) is 8.49. The Balaban J connectivity index is 1.95. The Bertz CT molecular complexity index is 1220. The van der Waals surface area contributed by atoms with Gasteiger partial charge in [-0.2, -0.15) is 0 Å². The first kappa shape index (κ1) is 28.9. The standard InChI is InChI=1S/C24H27Cl4N3O4S/c1-15(24(33)29-17-6-3-4-7-17)30(13-18-19(26)8-5-9-20(18)27)23(32)14-31(36(2,34)35)22-11-10-16(25)12-21(22)28/h5,8-12,15,17H,3-4,6-7,13-14H2,1-2H3,(H,29,33)/t15-/m1/s1. The van der Waals surface area contributed by atoms with Crippen LogP contribution < -0.4 is 9.62 Å². The van der Waals surface area contributed by atoms with Gasteiger partial charge in [-0.3, -0.25) is 13.9 Å². The summed E-state index contributed by atoms with van der Waals surface area (Å²) >= 11 is 24.9. The molecule has 0 heterocycles. The molecule has 36 heavy (non-hydrogen) atoms. The van der Waals surface area contributed by atoms with Gasteiger partial charge in [-0.05, 0) is 50.1 Å². The van der Waals surface area contributed by atoms with Gasteiger partial charge in [0.2, 0.25) is 21.8 Å². The van der Waals surface area contributed by atoms with Crippen molar-refractivity contribution in [2.24, 2.45) is 0 Å². The van der Waals surface area contributed by atoms with Crippen LogP contribution in [0.25, 0.3) is 0 Å². The van der Waals surface area contributed by atoms with Crippen LogP contribution in [0.3, 0.4) is 0 Å². The van der Waals surface area contributed by atoms with Gasteiger partial charge in [0, 0.05) is 33.2 Å². The molecule has 0 aliphatic heterocycles. The maximum Gasteiger partial charge on any atom is 0.244 e. The molecule has 1 aliphatic rings. The van der Waals surface area contributed by atoms with E-state index in [2.05, 4.69) is 5.32 Å². The van der Waals surface area contributed by atoms with Gasteiger partial charge >= 0.3 is 0 Å². The predicted octanol–water partition coefficient (Wildman–Crippen LogP) is 5.54. The number of nitrogens with one attached hydrogen (secondary N) is 1. The molecule has 3 rings (SSSR count). The van der Waals surface area contributed by atoms with Gasteiger partial charge in [-0.25, -0.2) is 8.42 Å². The minimum absolute atomic E-state index is 0.0428. The summed E-state index contributed by atoms with van der Waals surface area (Å²) in [6.07, 6.45) is 4.78. The number of anilines is 1. The van der Waals surface area contributed by atoms with Crippen LogP contribution in [0.15, 0.2) is 36.4 Å². The number of sulfonamides is 1. The van der Waals surface area contributed by atoms with Crippen molar-refractivity contribution >= 4 is 73.9 Å². The molecule has 0 radical (unpaired) electrons. The fourth-order valence-corrected chi connectivity index (χ4v) is 6.05. The number of hydrogen-bond donors (Lipinski definition) is 1. The van der Waals surface area contributed by atoms with Crippen LogP contribution in [0.4, 0.5) is 5.69 Å². The summed E-state index contributed by atoms with van der Waals surface area (Å²) in [5.74, 6) is -0.967. The van der Waals surface area contributed by atoms with Gasteiger partial charge in [0.1, 0.15) is 12.6 Å². The van der Waals surface area contributed by atoms with Crippen LogP contribution in [0.5, 0.6) is 0 Å². The zero-order valence-electron chi connectivity index (χ0n) is 19.8. The number of carbonyl (C=O) groups excluding carboxylic acids is 2. The van der Waals surface area contributed by atoms with Gasteiger partial charge in [0.15, 0.2) is 0 Å². The van der Waals surface area contributed by atoms with Crippen molar-refractivity contribution in [2.75, 3.05) is 17.1 Å². The van der Waals surface area contributed by atoms with E-state index >= 15 is 0 Å². The molecule has 2 aromatic rings. The maximum absolute atomic E-state index is 13.6. The van der Waals surface area contributed by atoms with Crippen molar-refractivity contribution < 1.29 is 18.0 Å². The summed E-state index contributed by atoms with van der Waals surface area (Å²) in [7, 11) is -3.93. The van der Waals surface area contributed by atoms with Gasteiger partial charge < -0.3 is 10.2 Å². The van der Waals surface area contributed by atoms with Crippen LogP contribution in [0, 0.1) is 0 Å². The Morgan fingerprint density at radius 2 is 1.64 bits per heavy atom. The summed E-state index contributed by atoms with van der Waals surface area (Å²) < 4.78 is 26.2. The van der Waals surface area contributed by atoms with Crippen molar-refractivity contribution in [1.29, 1.82) is 0 Å². The van der Waals surface area contributed by atoms with Crippen LogP contribution >= 0.6 is 46.4 Å². The quantitative estimate of drug-likeness (QED) is 0.413. The highest BCUT2D eigenvalue weighted by Gasteiger charge is 2.32. The van der Waals surface area contributed by atoms with Gasteiger partial charge in [-0.1, -0.05) is 65.3 Å². The second-order valence-corrected chi connectivity index (χ2v) is 12.3. The number of amides is 2. The smallest absolute Gasteiger partial charge is 0.244 e. The Morgan fingerprint density at radius 1 is 1.03 bits per heavy atom. The predicted molar refractivity (Wildman–Crippen MR) is 146 cm³/mol. The molecule has 0 spiro atoms.